The Balaban J connectivity index is 1.96. The monoisotopic (exact) mass is 353 g/mol. The minimum atomic E-state index is -0.517. The molecule has 1 aliphatic carbocycles. The zero-order valence-electron chi connectivity index (χ0n) is 15.0. The van der Waals surface area contributed by atoms with Crippen molar-refractivity contribution in [2.45, 2.75) is 32.1 Å². The molecule has 0 fully saturated rings. The summed E-state index contributed by atoms with van der Waals surface area (Å²) >= 11 is 0. The summed E-state index contributed by atoms with van der Waals surface area (Å²) in [6.07, 6.45) is 9.85. The molecule has 1 aromatic heterocycles. The normalized spacial score (nSPS) is 18.3. The fraction of sp³-hybridized carbons (Fsp3) is 0.286. The van der Waals surface area contributed by atoms with Crippen LogP contribution in [0.2, 0.25) is 0 Å². The summed E-state index contributed by atoms with van der Waals surface area (Å²) in [4.78, 5) is 10.9. The molecule has 1 atom stereocenters. The Hall–Kier alpha value is -2.95. The van der Waals surface area contributed by atoms with Gasteiger partial charge in [0, 0.05) is 29.4 Å². The van der Waals surface area contributed by atoms with E-state index in [4.69, 9.17) is 14.9 Å². The number of hydrogen-bond donors (Lipinski definition) is 2. The maximum absolute atomic E-state index is 10.9. The molecule has 1 aromatic carbocycles. The molecular weight excluding hydrogens is 330 g/mol. The van der Waals surface area contributed by atoms with E-state index in [2.05, 4.69) is 6.08 Å². The molecule has 0 bridgehead atoms. The summed E-state index contributed by atoms with van der Waals surface area (Å²) in [6.45, 7) is 1.99. The van der Waals surface area contributed by atoms with Crippen LogP contribution in [-0.4, -0.2) is 18.1 Å². The molecule has 5 heteroatoms. The van der Waals surface area contributed by atoms with Crippen LogP contribution in [0.15, 0.2) is 58.3 Å². The summed E-state index contributed by atoms with van der Waals surface area (Å²) < 4.78 is 11.3. The van der Waals surface area contributed by atoms with Crippen molar-refractivity contribution < 1.29 is 19.1 Å². The molecule has 0 spiro atoms. The number of furan rings is 1. The summed E-state index contributed by atoms with van der Waals surface area (Å²) in [5.74, 6) is 1.48. The third-order valence-corrected chi connectivity index (χ3v) is 4.56. The molecule has 3 N–H and O–H groups in total. The van der Waals surface area contributed by atoms with Gasteiger partial charge >= 0.3 is 0 Å². The summed E-state index contributed by atoms with van der Waals surface area (Å²) in [7, 11) is 1.55. The Morgan fingerprint density at radius 3 is 2.92 bits per heavy atom. The highest BCUT2D eigenvalue weighted by atomic mass is 16.5. The van der Waals surface area contributed by atoms with E-state index >= 15 is 0 Å². The number of fused-ring (bicyclic) bond motifs is 3. The number of ether oxygens (including phenoxy) is 1. The average Bonchev–Trinajstić information content (AvgIpc) is 2.97. The van der Waals surface area contributed by atoms with Crippen LogP contribution in [0.1, 0.15) is 37.0 Å². The Kier molecular flexibility index (Phi) is 5.16. The first kappa shape index (κ1) is 17.9. The predicted molar refractivity (Wildman–Crippen MR) is 101 cm³/mol. The van der Waals surface area contributed by atoms with E-state index in [9.17, 15) is 9.90 Å². The van der Waals surface area contributed by atoms with Crippen molar-refractivity contribution in [3.8, 4) is 5.75 Å². The number of carbonyl (C=O) groups is 1. The van der Waals surface area contributed by atoms with Crippen LogP contribution in [0.4, 0.5) is 0 Å². The number of amides is 1. The van der Waals surface area contributed by atoms with Gasteiger partial charge in [0.2, 0.25) is 5.91 Å². The lowest BCUT2D eigenvalue weighted by Crippen LogP contribution is -2.06. The molecule has 5 nitrogen and oxygen atoms in total. The summed E-state index contributed by atoms with van der Waals surface area (Å²) in [6, 6.07) is 5.23. The second-order valence-electron chi connectivity index (χ2n) is 6.52. The van der Waals surface area contributed by atoms with Gasteiger partial charge in [-0.15, -0.1) is 0 Å². The molecule has 0 unspecified atom stereocenters. The first-order chi connectivity index (χ1) is 12.5. The topological polar surface area (TPSA) is 85.7 Å². The van der Waals surface area contributed by atoms with Crippen LogP contribution >= 0.6 is 0 Å². The van der Waals surface area contributed by atoms with Gasteiger partial charge < -0.3 is 20.0 Å². The van der Waals surface area contributed by atoms with Crippen LogP contribution < -0.4 is 5.73 Å². The van der Waals surface area contributed by atoms with Gasteiger partial charge in [0.15, 0.2) is 0 Å². The minimum Gasteiger partial charge on any atom is -0.508 e. The first-order valence-corrected chi connectivity index (χ1v) is 8.64. The van der Waals surface area contributed by atoms with Crippen molar-refractivity contribution in [1.29, 1.82) is 0 Å². The number of rotatable bonds is 5. The number of phenols is 1. The molecular formula is C21H23NO4. The molecule has 26 heavy (non-hydrogen) atoms. The van der Waals surface area contributed by atoms with Gasteiger partial charge in [-0.2, -0.15) is 0 Å². The van der Waals surface area contributed by atoms with E-state index in [1.165, 1.54) is 6.08 Å². The van der Waals surface area contributed by atoms with Gasteiger partial charge in [-0.25, -0.2) is 0 Å². The van der Waals surface area contributed by atoms with Gasteiger partial charge in [0.25, 0.3) is 0 Å². The Bertz CT molecular complexity index is 917. The highest BCUT2D eigenvalue weighted by molar-refractivity contribution is 5.86. The van der Waals surface area contributed by atoms with Crippen LogP contribution in [0, 0.1) is 0 Å². The molecule has 136 valence electrons. The van der Waals surface area contributed by atoms with Gasteiger partial charge in [0.05, 0.1) is 7.11 Å². The molecule has 0 radical (unpaired) electrons. The third-order valence-electron chi connectivity index (χ3n) is 4.56. The van der Waals surface area contributed by atoms with E-state index in [1.807, 2.05) is 19.1 Å². The van der Waals surface area contributed by atoms with E-state index in [0.717, 1.165) is 47.1 Å². The Morgan fingerprint density at radius 2 is 2.19 bits per heavy atom. The lowest BCUT2D eigenvalue weighted by molar-refractivity contribution is -0.113. The highest BCUT2D eigenvalue weighted by Crippen LogP contribution is 2.41. The van der Waals surface area contributed by atoms with E-state index in [-0.39, 0.29) is 11.7 Å². The maximum Gasteiger partial charge on any atom is 0.241 e. The number of aryl methyl sites for hydroxylation is 1. The summed E-state index contributed by atoms with van der Waals surface area (Å²) in [5, 5.41) is 10.8. The van der Waals surface area contributed by atoms with Crippen molar-refractivity contribution in [1.82, 2.24) is 0 Å². The zero-order chi connectivity index (χ0) is 18.7. The smallest absolute Gasteiger partial charge is 0.241 e. The third kappa shape index (κ3) is 3.82. The van der Waals surface area contributed by atoms with Gasteiger partial charge in [-0.1, -0.05) is 11.6 Å². The van der Waals surface area contributed by atoms with Crippen LogP contribution in [-0.2, 0) is 16.0 Å². The fourth-order valence-electron chi connectivity index (χ4n) is 3.47. The van der Waals surface area contributed by atoms with E-state index in [0.29, 0.717) is 5.76 Å². The number of primary amides is 1. The SMILES string of the molecule is COC(C=CC(N)=O)=C/C(C)=C/[C@@H]1CCCc2oc3ccc(O)cc3c21. The van der Waals surface area contributed by atoms with Gasteiger partial charge in [0.1, 0.15) is 22.9 Å². The number of phenolic OH excluding ortho intramolecular Hbond substituents is 1. The number of aromatic hydroxyl groups is 1. The van der Waals surface area contributed by atoms with E-state index < -0.39 is 5.91 Å². The van der Waals surface area contributed by atoms with Crippen molar-refractivity contribution >= 4 is 16.9 Å². The van der Waals surface area contributed by atoms with Crippen molar-refractivity contribution in [3.05, 3.63) is 65.2 Å². The molecule has 0 aliphatic heterocycles. The van der Waals surface area contributed by atoms with Crippen LogP contribution in [0.5, 0.6) is 5.75 Å². The lowest BCUT2D eigenvalue weighted by atomic mass is 9.84. The molecule has 0 saturated heterocycles. The average molecular weight is 353 g/mol. The van der Waals surface area contributed by atoms with Crippen molar-refractivity contribution in [3.63, 3.8) is 0 Å². The number of methoxy groups -OCH3 is 1. The number of hydrogen-bond acceptors (Lipinski definition) is 4. The van der Waals surface area contributed by atoms with Gasteiger partial charge in [-0.05, 0) is 50.1 Å². The van der Waals surface area contributed by atoms with Crippen molar-refractivity contribution in [2.75, 3.05) is 7.11 Å². The van der Waals surface area contributed by atoms with Gasteiger partial charge in [-0.3, -0.25) is 4.79 Å². The van der Waals surface area contributed by atoms with Crippen molar-refractivity contribution in [2.24, 2.45) is 5.73 Å². The molecule has 3 rings (SSSR count). The first-order valence-electron chi connectivity index (χ1n) is 8.64. The molecule has 1 aliphatic rings. The molecule has 1 heterocycles. The fourth-order valence-corrected chi connectivity index (χ4v) is 3.47. The Labute approximate surface area is 152 Å². The number of carbonyl (C=O) groups excluding carboxylic acids is 1. The second kappa shape index (κ2) is 7.52. The quantitative estimate of drug-likeness (QED) is 0.482. The van der Waals surface area contributed by atoms with Crippen LogP contribution in [0.3, 0.4) is 0 Å². The maximum atomic E-state index is 10.9. The summed E-state index contributed by atoms with van der Waals surface area (Å²) in [5.41, 5.74) is 8.11. The highest BCUT2D eigenvalue weighted by Gasteiger charge is 2.25. The number of benzene rings is 1. The minimum absolute atomic E-state index is 0.205. The zero-order valence-corrected chi connectivity index (χ0v) is 15.0. The molecule has 0 saturated carbocycles. The largest absolute Gasteiger partial charge is 0.508 e. The standard InChI is InChI=1S/C21H23NO4/c1-13(11-16(25-2)7-9-20(22)24)10-14-4-3-5-19-21(14)17-12-15(23)6-8-18(17)26-19/h6-12,14,23H,3-5H2,1-2H3,(H2,22,24)/b9-7?,13-10+,16-11?/t14-/m0/s1. The Morgan fingerprint density at radius 1 is 1.38 bits per heavy atom. The van der Waals surface area contributed by atoms with Crippen LogP contribution in [0.25, 0.3) is 11.0 Å². The predicted octanol–water partition coefficient (Wildman–Crippen LogP) is 4.08. The number of allylic oxidation sites excluding steroid dienone is 4. The second-order valence-corrected chi connectivity index (χ2v) is 6.52. The molecule has 1 amide bonds. The molecule has 2 aromatic rings. The van der Waals surface area contributed by atoms with E-state index in [1.54, 1.807) is 25.3 Å². The number of nitrogens with two attached hydrogens (primary N) is 1. The lowest BCUT2D eigenvalue weighted by Gasteiger charge is -2.19.